The molecule has 2 heterocycles. The van der Waals surface area contributed by atoms with Gasteiger partial charge in [-0.15, -0.1) is 0 Å². The van der Waals surface area contributed by atoms with Gasteiger partial charge in [0, 0.05) is 26.2 Å². The van der Waals surface area contributed by atoms with Crippen molar-refractivity contribution in [2.24, 2.45) is 0 Å². The highest BCUT2D eigenvalue weighted by atomic mass is 35.5. The predicted molar refractivity (Wildman–Crippen MR) is 115 cm³/mol. The zero-order valence-corrected chi connectivity index (χ0v) is 18.7. The molecule has 0 saturated carbocycles. The van der Waals surface area contributed by atoms with Crippen molar-refractivity contribution in [2.75, 3.05) is 31.5 Å². The highest BCUT2D eigenvalue weighted by molar-refractivity contribution is 6.44. The molecule has 1 saturated heterocycles. The number of benzene rings is 1. The minimum atomic E-state index is -0.393. The minimum Gasteiger partial charge on any atom is -0.466 e. The Hall–Kier alpha value is -1.73. The zero-order valence-electron chi connectivity index (χ0n) is 16.4. The molecule has 6 nitrogen and oxygen atoms in total. The molecule has 1 fully saturated rings. The Morgan fingerprint density at radius 2 is 1.62 bits per heavy atom. The molecule has 0 spiro atoms. The van der Waals surface area contributed by atoms with Gasteiger partial charge in [0.1, 0.15) is 11.5 Å². The van der Waals surface area contributed by atoms with Crippen LogP contribution in [0.1, 0.15) is 28.8 Å². The summed E-state index contributed by atoms with van der Waals surface area (Å²) >= 11 is 18.1. The molecule has 3 rings (SSSR count). The van der Waals surface area contributed by atoms with E-state index in [0.717, 1.165) is 5.76 Å². The second-order valence-electron chi connectivity index (χ2n) is 7.07. The predicted octanol–water partition coefficient (Wildman–Crippen LogP) is 4.64. The largest absolute Gasteiger partial charge is 0.466 e. The van der Waals surface area contributed by atoms with E-state index in [0.29, 0.717) is 58.3 Å². The number of carbonyl (C=O) groups excluding carboxylic acids is 2. The van der Waals surface area contributed by atoms with E-state index < -0.39 is 6.04 Å². The number of nitrogens with one attached hydrogen (secondary N) is 1. The van der Waals surface area contributed by atoms with E-state index in [2.05, 4.69) is 5.32 Å². The summed E-state index contributed by atoms with van der Waals surface area (Å²) in [5.41, 5.74) is 1.01. The zero-order chi connectivity index (χ0) is 21.3. The first-order valence-electron chi connectivity index (χ1n) is 9.23. The Kier molecular flexibility index (Phi) is 6.79. The number of rotatable bonds is 4. The summed E-state index contributed by atoms with van der Waals surface area (Å²) in [5, 5.41) is 3.76. The summed E-state index contributed by atoms with van der Waals surface area (Å²) < 4.78 is 5.46. The average molecular weight is 459 g/mol. The molecule has 1 aliphatic heterocycles. The Bertz CT molecular complexity index is 937. The van der Waals surface area contributed by atoms with Crippen molar-refractivity contribution in [1.82, 2.24) is 9.80 Å². The van der Waals surface area contributed by atoms with Gasteiger partial charge in [0.15, 0.2) is 0 Å². The molecule has 2 amide bonds. The summed E-state index contributed by atoms with van der Waals surface area (Å²) in [6.07, 6.45) is 0. The maximum Gasteiger partial charge on any atom is 0.257 e. The first-order chi connectivity index (χ1) is 13.7. The van der Waals surface area contributed by atoms with Crippen LogP contribution in [-0.2, 0) is 4.79 Å². The van der Waals surface area contributed by atoms with Gasteiger partial charge in [-0.1, -0.05) is 34.8 Å². The minimum absolute atomic E-state index is 0.0429. The lowest BCUT2D eigenvalue weighted by molar-refractivity contribution is -0.121. The average Bonchev–Trinajstić information content (AvgIpc) is 3.03. The molecular weight excluding hydrogens is 437 g/mol. The second-order valence-corrected chi connectivity index (χ2v) is 8.29. The number of anilines is 1. The van der Waals surface area contributed by atoms with Crippen LogP contribution in [0.4, 0.5) is 5.69 Å². The summed E-state index contributed by atoms with van der Waals surface area (Å²) in [4.78, 5) is 29.2. The quantitative estimate of drug-likeness (QED) is 0.678. The maximum absolute atomic E-state index is 12.7. The van der Waals surface area contributed by atoms with E-state index in [4.69, 9.17) is 39.2 Å². The van der Waals surface area contributed by atoms with Crippen molar-refractivity contribution < 1.29 is 14.0 Å². The lowest BCUT2D eigenvalue weighted by atomic mass is 10.1. The fraction of sp³-hybridized carbons (Fsp3) is 0.400. The first kappa shape index (κ1) is 22.0. The van der Waals surface area contributed by atoms with Gasteiger partial charge in [0.05, 0.1) is 32.4 Å². The Labute approximate surface area is 184 Å². The number of halogens is 3. The smallest absolute Gasteiger partial charge is 0.257 e. The number of aryl methyl sites for hydroxylation is 2. The summed E-state index contributed by atoms with van der Waals surface area (Å²) in [6, 6.07) is 4.40. The van der Waals surface area contributed by atoms with Gasteiger partial charge < -0.3 is 14.6 Å². The number of piperazine rings is 1. The molecule has 9 heteroatoms. The van der Waals surface area contributed by atoms with Gasteiger partial charge in [-0.25, -0.2) is 0 Å². The van der Waals surface area contributed by atoms with Gasteiger partial charge in [-0.2, -0.15) is 0 Å². The van der Waals surface area contributed by atoms with Crippen LogP contribution in [-0.4, -0.2) is 53.8 Å². The number of hydrogen-bond acceptors (Lipinski definition) is 4. The van der Waals surface area contributed by atoms with E-state index in [1.54, 1.807) is 17.9 Å². The van der Waals surface area contributed by atoms with Gasteiger partial charge in [-0.3, -0.25) is 14.5 Å². The van der Waals surface area contributed by atoms with Crippen molar-refractivity contribution >= 4 is 52.3 Å². The van der Waals surface area contributed by atoms with E-state index in [1.807, 2.05) is 18.7 Å². The van der Waals surface area contributed by atoms with E-state index >= 15 is 0 Å². The van der Waals surface area contributed by atoms with Crippen LogP contribution in [0.25, 0.3) is 0 Å². The molecule has 0 bridgehead atoms. The Balaban J connectivity index is 1.59. The summed E-state index contributed by atoms with van der Waals surface area (Å²) in [7, 11) is 0. The Morgan fingerprint density at radius 1 is 1.00 bits per heavy atom. The molecule has 0 aliphatic carbocycles. The fourth-order valence-electron chi connectivity index (χ4n) is 3.35. The van der Waals surface area contributed by atoms with Crippen LogP contribution >= 0.6 is 34.8 Å². The van der Waals surface area contributed by atoms with Crippen LogP contribution in [0.2, 0.25) is 15.1 Å². The van der Waals surface area contributed by atoms with Crippen LogP contribution in [0.5, 0.6) is 0 Å². The molecule has 1 N–H and O–H groups in total. The maximum atomic E-state index is 12.7. The topological polar surface area (TPSA) is 65.8 Å². The van der Waals surface area contributed by atoms with Gasteiger partial charge in [0.2, 0.25) is 5.91 Å². The summed E-state index contributed by atoms with van der Waals surface area (Å²) in [6.45, 7) is 7.68. The first-order valence-corrected chi connectivity index (χ1v) is 10.4. The lowest BCUT2D eigenvalue weighted by Gasteiger charge is -2.37. The molecule has 1 atom stereocenters. The molecule has 1 aromatic heterocycles. The van der Waals surface area contributed by atoms with Gasteiger partial charge >= 0.3 is 0 Å². The van der Waals surface area contributed by atoms with Crippen LogP contribution < -0.4 is 5.32 Å². The van der Waals surface area contributed by atoms with Crippen molar-refractivity contribution in [3.05, 3.63) is 50.4 Å². The highest BCUT2D eigenvalue weighted by Gasteiger charge is 2.29. The highest BCUT2D eigenvalue weighted by Crippen LogP contribution is 2.32. The SMILES string of the molecule is Cc1cc(C(=O)N2CCN(C(C)C(=O)Nc3cc(Cl)c(Cl)cc3Cl)CC2)c(C)o1. The third-order valence-corrected chi connectivity index (χ3v) is 6.10. The number of hydrogen-bond donors (Lipinski definition) is 1. The number of amides is 2. The van der Waals surface area contributed by atoms with Crippen LogP contribution in [0.15, 0.2) is 22.6 Å². The second kappa shape index (κ2) is 8.96. The lowest BCUT2D eigenvalue weighted by Crippen LogP contribution is -2.54. The molecule has 2 aromatic rings. The fourth-order valence-corrected chi connectivity index (χ4v) is 3.94. The molecule has 1 aliphatic rings. The van der Waals surface area contributed by atoms with E-state index in [-0.39, 0.29) is 11.8 Å². The normalized spacial score (nSPS) is 16.0. The van der Waals surface area contributed by atoms with E-state index in [9.17, 15) is 9.59 Å². The van der Waals surface area contributed by atoms with Gasteiger partial charge in [0.25, 0.3) is 5.91 Å². The monoisotopic (exact) mass is 457 g/mol. The third-order valence-electron chi connectivity index (χ3n) is 5.07. The molecule has 29 heavy (non-hydrogen) atoms. The number of nitrogens with zero attached hydrogens (tertiary/aromatic N) is 2. The van der Waals surface area contributed by atoms with Crippen molar-refractivity contribution in [3.8, 4) is 0 Å². The molecular formula is C20H22Cl3N3O3. The molecule has 1 aromatic carbocycles. The molecule has 0 radical (unpaired) electrons. The number of carbonyl (C=O) groups is 2. The third kappa shape index (κ3) is 4.89. The van der Waals surface area contributed by atoms with Crippen molar-refractivity contribution in [1.29, 1.82) is 0 Å². The van der Waals surface area contributed by atoms with Gasteiger partial charge in [-0.05, 0) is 39.0 Å². The molecule has 156 valence electrons. The Morgan fingerprint density at radius 3 is 2.21 bits per heavy atom. The van der Waals surface area contributed by atoms with Crippen molar-refractivity contribution in [3.63, 3.8) is 0 Å². The standard InChI is InChI=1S/C20H22Cl3N3O3/c1-11-8-14(13(3)29-11)20(28)26-6-4-25(5-7-26)12(2)19(27)24-18-10-16(22)15(21)9-17(18)23/h8-10,12H,4-7H2,1-3H3,(H,24,27). The van der Waals surface area contributed by atoms with E-state index in [1.165, 1.54) is 12.1 Å². The summed E-state index contributed by atoms with van der Waals surface area (Å²) in [5.74, 6) is 1.10. The van der Waals surface area contributed by atoms with Crippen LogP contribution in [0.3, 0.4) is 0 Å². The molecule has 1 unspecified atom stereocenters. The van der Waals surface area contributed by atoms with Crippen LogP contribution in [0, 0.1) is 13.8 Å². The van der Waals surface area contributed by atoms with Crippen molar-refractivity contribution in [2.45, 2.75) is 26.8 Å². The number of furan rings is 1.